The van der Waals surface area contributed by atoms with Gasteiger partial charge in [-0.3, -0.25) is 4.79 Å². The molecule has 0 saturated heterocycles. The van der Waals surface area contributed by atoms with Crippen molar-refractivity contribution in [2.24, 2.45) is 0 Å². The predicted octanol–water partition coefficient (Wildman–Crippen LogP) is 3.13. The lowest BCUT2D eigenvalue weighted by Gasteiger charge is -2.13. The van der Waals surface area contributed by atoms with Gasteiger partial charge in [-0.15, -0.1) is 23.7 Å². The van der Waals surface area contributed by atoms with E-state index in [0.717, 1.165) is 24.4 Å². The van der Waals surface area contributed by atoms with Crippen LogP contribution in [0.4, 0.5) is 0 Å². The number of hydrogen-bond donors (Lipinski definition) is 2. The first-order chi connectivity index (χ1) is 10.2. The van der Waals surface area contributed by atoms with Crippen LogP contribution in [0.2, 0.25) is 4.34 Å². The Hall–Kier alpha value is -1.34. The first-order valence-corrected chi connectivity index (χ1v) is 7.81. The third-order valence-electron chi connectivity index (χ3n) is 3.19. The first-order valence-electron chi connectivity index (χ1n) is 6.61. The zero-order chi connectivity index (χ0) is 14.7. The molecule has 8 heteroatoms. The standard InChI is InChI=1S/C14H14ClN3O2S.ClH/c15-13-2-1-12(21-13)11-7-10(18-20-11)14(19)17-8-9-3-5-16-6-4-9;/h1-3,7,16H,4-6,8H2,(H,17,19);1H. The van der Waals surface area contributed by atoms with Crippen molar-refractivity contribution in [3.63, 3.8) is 0 Å². The number of carbonyl (C=O) groups is 1. The summed E-state index contributed by atoms with van der Waals surface area (Å²) < 4.78 is 5.86. The number of nitrogens with one attached hydrogen (secondary N) is 2. The lowest BCUT2D eigenvalue weighted by Crippen LogP contribution is -2.29. The van der Waals surface area contributed by atoms with Crippen LogP contribution in [0.3, 0.4) is 0 Å². The quantitative estimate of drug-likeness (QED) is 0.823. The summed E-state index contributed by atoms with van der Waals surface area (Å²) in [6, 6.07) is 5.26. The Kier molecular flexibility index (Phi) is 6.02. The normalized spacial score (nSPS) is 14.1. The van der Waals surface area contributed by atoms with E-state index in [4.69, 9.17) is 16.1 Å². The molecule has 3 heterocycles. The zero-order valence-corrected chi connectivity index (χ0v) is 14.0. The molecule has 5 nitrogen and oxygen atoms in total. The van der Waals surface area contributed by atoms with Crippen molar-refractivity contribution in [2.75, 3.05) is 19.6 Å². The molecule has 1 amide bonds. The number of hydrogen-bond acceptors (Lipinski definition) is 5. The summed E-state index contributed by atoms with van der Waals surface area (Å²) in [4.78, 5) is 12.9. The molecule has 2 aromatic rings. The van der Waals surface area contributed by atoms with Gasteiger partial charge in [-0.2, -0.15) is 0 Å². The van der Waals surface area contributed by atoms with E-state index in [1.54, 1.807) is 12.1 Å². The van der Waals surface area contributed by atoms with Gasteiger partial charge in [0, 0.05) is 19.2 Å². The van der Waals surface area contributed by atoms with Crippen LogP contribution in [0.1, 0.15) is 16.9 Å². The Balaban J connectivity index is 0.00000176. The topological polar surface area (TPSA) is 67.2 Å². The summed E-state index contributed by atoms with van der Waals surface area (Å²) in [6.07, 6.45) is 3.06. The summed E-state index contributed by atoms with van der Waals surface area (Å²) in [5.41, 5.74) is 1.51. The average molecular weight is 360 g/mol. The molecule has 0 spiro atoms. The molecule has 2 aromatic heterocycles. The van der Waals surface area contributed by atoms with Gasteiger partial charge in [0.2, 0.25) is 0 Å². The SMILES string of the molecule is Cl.O=C(NCC1=CCNCC1)c1cc(-c2ccc(Cl)s2)on1. The van der Waals surface area contributed by atoms with E-state index in [1.165, 1.54) is 16.9 Å². The molecule has 1 aliphatic rings. The molecule has 0 bridgehead atoms. The van der Waals surface area contributed by atoms with E-state index in [-0.39, 0.29) is 24.0 Å². The highest BCUT2D eigenvalue weighted by molar-refractivity contribution is 7.19. The summed E-state index contributed by atoms with van der Waals surface area (Å²) in [6.45, 7) is 2.36. The van der Waals surface area contributed by atoms with Gasteiger partial charge in [0.1, 0.15) is 0 Å². The van der Waals surface area contributed by atoms with Crippen LogP contribution in [0.5, 0.6) is 0 Å². The minimum atomic E-state index is -0.230. The lowest BCUT2D eigenvalue weighted by molar-refractivity contribution is 0.0947. The van der Waals surface area contributed by atoms with Crippen LogP contribution in [-0.4, -0.2) is 30.7 Å². The second-order valence-electron chi connectivity index (χ2n) is 4.68. The van der Waals surface area contributed by atoms with E-state index in [9.17, 15) is 4.79 Å². The van der Waals surface area contributed by atoms with Crippen molar-refractivity contribution in [3.05, 3.63) is 39.9 Å². The maximum Gasteiger partial charge on any atom is 0.273 e. The second-order valence-corrected chi connectivity index (χ2v) is 6.39. The molecule has 0 unspecified atom stereocenters. The Labute approximate surface area is 143 Å². The molecule has 0 aliphatic carbocycles. The van der Waals surface area contributed by atoms with Crippen molar-refractivity contribution in [2.45, 2.75) is 6.42 Å². The van der Waals surface area contributed by atoms with E-state index in [2.05, 4.69) is 21.9 Å². The third kappa shape index (κ3) is 4.10. The number of thiophene rings is 1. The Bertz CT molecular complexity index is 681. The van der Waals surface area contributed by atoms with Crippen molar-refractivity contribution in [1.29, 1.82) is 0 Å². The smallest absolute Gasteiger partial charge is 0.273 e. The Morgan fingerprint density at radius 1 is 1.50 bits per heavy atom. The highest BCUT2D eigenvalue weighted by Gasteiger charge is 2.15. The molecule has 2 N–H and O–H groups in total. The fraction of sp³-hybridized carbons (Fsp3) is 0.286. The van der Waals surface area contributed by atoms with Gasteiger partial charge < -0.3 is 15.2 Å². The largest absolute Gasteiger partial charge is 0.355 e. The highest BCUT2D eigenvalue weighted by Crippen LogP contribution is 2.31. The lowest BCUT2D eigenvalue weighted by atomic mass is 10.1. The maximum absolute atomic E-state index is 12.0. The van der Waals surface area contributed by atoms with Crippen LogP contribution >= 0.6 is 35.3 Å². The molecule has 1 aliphatic heterocycles. The van der Waals surface area contributed by atoms with Crippen molar-refractivity contribution in [3.8, 4) is 10.6 Å². The van der Waals surface area contributed by atoms with Gasteiger partial charge >= 0.3 is 0 Å². The maximum atomic E-state index is 12.0. The molecule has 0 fully saturated rings. The molecule has 22 heavy (non-hydrogen) atoms. The van der Waals surface area contributed by atoms with E-state index in [0.29, 0.717) is 16.6 Å². The van der Waals surface area contributed by atoms with Gasteiger partial charge in [-0.25, -0.2) is 0 Å². The van der Waals surface area contributed by atoms with Crippen LogP contribution in [0, 0.1) is 0 Å². The van der Waals surface area contributed by atoms with Gasteiger partial charge in [0.05, 0.1) is 9.21 Å². The van der Waals surface area contributed by atoms with Gasteiger partial charge in [-0.05, 0) is 25.1 Å². The van der Waals surface area contributed by atoms with E-state index in [1.807, 2.05) is 6.07 Å². The molecule has 0 radical (unpaired) electrons. The van der Waals surface area contributed by atoms with Crippen molar-refractivity contribution in [1.82, 2.24) is 15.8 Å². The number of amides is 1. The summed E-state index contributed by atoms with van der Waals surface area (Å²) >= 11 is 7.27. The number of carbonyl (C=O) groups excluding carboxylic acids is 1. The molecule has 0 saturated carbocycles. The van der Waals surface area contributed by atoms with Crippen molar-refractivity contribution >= 4 is 41.3 Å². The van der Waals surface area contributed by atoms with E-state index < -0.39 is 0 Å². The van der Waals surface area contributed by atoms with Gasteiger partial charge in [0.25, 0.3) is 5.91 Å². The van der Waals surface area contributed by atoms with Crippen molar-refractivity contribution < 1.29 is 9.32 Å². The van der Waals surface area contributed by atoms with Crippen LogP contribution in [-0.2, 0) is 0 Å². The van der Waals surface area contributed by atoms with Gasteiger partial charge in [0.15, 0.2) is 11.5 Å². The first kappa shape index (κ1) is 17.0. The predicted molar refractivity (Wildman–Crippen MR) is 90.0 cm³/mol. The molecule has 0 aromatic carbocycles. The van der Waals surface area contributed by atoms with Crippen LogP contribution < -0.4 is 10.6 Å². The third-order valence-corrected chi connectivity index (χ3v) is 4.44. The number of nitrogens with zero attached hydrogens (tertiary/aromatic N) is 1. The average Bonchev–Trinajstić information content (AvgIpc) is 3.14. The molecule has 3 rings (SSSR count). The fourth-order valence-corrected chi connectivity index (χ4v) is 3.05. The Morgan fingerprint density at radius 3 is 3.05 bits per heavy atom. The molecular formula is C14H15Cl2N3O2S. The summed E-state index contributed by atoms with van der Waals surface area (Å²) in [5, 5.41) is 9.90. The van der Waals surface area contributed by atoms with Crippen LogP contribution in [0.25, 0.3) is 10.6 Å². The number of halogens is 2. The number of rotatable bonds is 4. The van der Waals surface area contributed by atoms with E-state index >= 15 is 0 Å². The number of aromatic nitrogens is 1. The summed E-state index contributed by atoms with van der Waals surface area (Å²) in [7, 11) is 0. The molecular weight excluding hydrogens is 345 g/mol. The minimum absolute atomic E-state index is 0. The fourth-order valence-electron chi connectivity index (χ4n) is 2.06. The monoisotopic (exact) mass is 359 g/mol. The second kappa shape index (κ2) is 7.78. The summed E-state index contributed by atoms with van der Waals surface area (Å²) in [5.74, 6) is 0.324. The van der Waals surface area contributed by atoms with Gasteiger partial charge in [-0.1, -0.05) is 28.4 Å². The molecule has 118 valence electrons. The minimum Gasteiger partial charge on any atom is -0.355 e. The van der Waals surface area contributed by atoms with Crippen LogP contribution in [0.15, 0.2) is 34.4 Å². The highest BCUT2D eigenvalue weighted by atomic mass is 35.5. The molecule has 0 atom stereocenters. The zero-order valence-electron chi connectivity index (χ0n) is 11.6. The Morgan fingerprint density at radius 2 is 2.36 bits per heavy atom.